The molecular formula is C25H43N5. The number of benzene rings is 1. The van der Waals surface area contributed by atoms with Gasteiger partial charge in [-0.15, -0.1) is 0 Å². The molecule has 168 valence electrons. The fraction of sp³-hybridized carbons (Fsp3) is 0.720. The Morgan fingerprint density at radius 1 is 1.10 bits per heavy atom. The smallest absolute Gasteiger partial charge is 0.191 e. The summed E-state index contributed by atoms with van der Waals surface area (Å²) in [6.45, 7) is 12.9. The van der Waals surface area contributed by atoms with Gasteiger partial charge in [-0.05, 0) is 58.9 Å². The average Bonchev–Trinajstić information content (AvgIpc) is 3.28. The highest BCUT2D eigenvalue weighted by atomic mass is 15.2. The first-order chi connectivity index (χ1) is 14.5. The van der Waals surface area contributed by atoms with E-state index in [0.717, 1.165) is 25.1 Å². The molecule has 1 aliphatic carbocycles. The van der Waals surface area contributed by atoms with Crippen LogP contribution in [0.5, 0.6) is 0 Å². The third-order valence-corrected chi connectivity index (χ3v) is 6.59. The van der Waals surface area contributed by atoms with Crippen LogP contribution in [0.2, 0.25) is 0 Å². The lowest BCUT2D eigenvalue weighted by molar-refractivity contribution is 0.150. The third kappa shape index (κ3) is 6.98. The van der Waals surface area contributed by atoms with Crippen molar-refractivity contribution >= 4 is 5.96 Å². The molecule has 30 heavy (non-hydrogen) atoms. The summed E-state index contributed by atoms with van der Waals surface area (Å²) < 4.78 is 0. The van der Waals surface area contributed by atoms with E-state index >= 15 is 0 Å². The Hall–Kier alpha value is -1.59. The lowest BCUT2D eigenvalue weighted by Gasteiger charge is -2.36. The van der Waals surface area contributed by atoms with Gasteiger partial charge in [0.15, 0.2) is 5.96 Å². The minimum absolute atomic E-state index is 0.0799. The van der Waals surface area contributed by atoms with E-state index in [2.05, 4.69) is 78.9 Å². The monoisotopic (exact) mass is 413 g/mol. The van der Waals surface area contributed by atoms with Gasteiger partial charge in [-0.2, -0.15) is 0 Å². The van der Waals surface area contributed by atoms with Crippen molar-refractivity contribution in [3.63, 3.8) is 0 Å². The van der Waals surface area contributed by atoms with Gasteiger partial charge in [0.2, 0.25) is 0 Å². The Kier molecular flexibility index (Phi) is 8.58. The molecule has 1 aliphatic heterocycles. The van der Waals surface area contributed by atoms with Gasteiger partial charge in [0.25, 0.3) is 0 Å². The Balaban J connectivity index is 1.49. The summed E-state index contributed by atoms with van der Waals surface area (Å²) in [5.74, 6) is 0.957. The van der Waals surface area contributed by atoms with E-state index in [1.807, 2.05) is 0 Å². The van der Waals surface area contributed by atoms with Gasteiger partial charge in [0.1, 0.15) is 0 Å². The molecule has 1 saturated heterocycles. The molecule has 2 fully saturated rings. The van der Waals surface area contributed by atoms with Crippen LogP contribution in [0.15, 0.2) is 35.3 Å². The first-order valence-corrected chi connectivity index (χ1v) is 12.1. The summed E-state index contributed by atoms with van der Waals surface area (Å²) in [6.07, 6.45) is 8.10. The summed E-state index contributed by atoms with van der Waals surface area (Å²) in [4.78, 5) is 7.67. The molecule has 2 aliphatic rings. The van der Waals surface area contributed by atoms with E-state index in [4.69, 9.17) is 4.99 Å². The minimum Gasteiger partial charge on any atom is -0.357 e. The molecule has 3 rings (SSSR count). The van der Waals surface area contributed by atoms with Crippen molar-refractivity contribution in [2.45, 2.75) is 89.9 Å². The Morgan fingerprint density at radius 2 is 1.77 bits per heavy atom. The topological polar surface area (TPSA) is 51.7 Å². The molecule has 5 nitrogen and oxygen atoms in total. The average molecular weight is 414 g/mol. The zero-order valence-corrected chi connectivity index (χ0v) is 19.6. The molecule has 3 N–H and O–H groups in total. The SMILES string of the molecule is CCNC(=NCC(C)(C)NC(C)c1ccccc1)NC1CCN(C2CCCC2)CC1. The van der Waals surface area contributed by atoms with Crippen LogP contribution in [0.1, 0.15) is 77.8 Å². The fourth-order valence-corrected chi connectivity index (χ4v) is 4.93. The second-order valence-corrected chi connectivity index (χ2v) is 9.75. The first-order valence-electron chi connectivity index (χ1n) is 12.1. The highest BCUT2D eigenvalue weighted by molar-refractivity contribution is 5.80. The van der Waals surface area contributed by atoms with Gasteiger partial charge in [0.05, 0.1) is 6.54 Å². The van der Waals surface area contributed by atoms with Crippen molar-refractivity contribution in [3.8, 4) is 0 Å². The van der Waals surface area contributed by atoms with Crippen LogP contribution in [0.4, 0.5) is 0 Å². The minimum atomic E-state index is -0.0799. The molecule has 1 aromatic rings. The van der Waals surface area contributed by atoms with E-state index in [9.17, 15) is 0 Å². The summed E-state index contributed by atoms with van der Waals surface area (Å²) >= 11 is 0. The third-order valence-electron chi connectivity index (χ3n) is 6.59. The number of piperidine rings is 1. The van der Waals surface area contributed by atoms with Gasteiger partial charge >= 0.3 is 0 Å². The molecule has 0 spiro atoms. The molecule has 0 bridgehead atoms. The molecule has 0 amide bonds. The van der Waals surface area contributed by atoms with Gasteiger partial charge in [-0.25, -0.2) is 0 Å². The lowest BCUT2D eigenvalue weighted by Crippen LogP contribution is -2.51. The van der Waals surface area contributed by atoms with Gasteiger partial charge in [-0.1, -0.05) is 43.2 Å². The van der Waals surface area contributed by atoms with Crippen molar-refractivity contribution in [3.05, 3.63) is 35.9 Å². The van der Waals surface area contributed by atoms with Crippen molar-refractivity contribution < 1.29 is 0 Å². The van der Waals surface area contributed by atoms with Gasteiger partial charge in [-0.3, -0.25) is 4.99 Å². The number of aliphatic imine (C=N–C) groups is 1. The Labute approximate surface area is 184 Å². The molecule has 1 saturated carbocycles. The van der Waals surface area contributed by atoms with E-state index in [1.54, 1.807) is 0 Å². The normalized spacial score (nSPS) is 21.0. The van der Waals surface area contributed by atoms with Crippen molar-refractivity contribution in [2.24, 2.45) is 4.99 Å². The molecule has 1 atom stereocenters. The summed E-state index contributed by atoms with van der Waals surface area (Å²) in [5, 5.41) is 10.9. The highest BCUT2D eigenvalue weighted by Gasteiger charge is 2.27. The highest BCUT2D eigenvalue weighted by Crippen LogP contribution is 2.26. The quantitative estimate of drug-likeness (QED) is 0.444. The number of rotatable bonds is 8. The van der Waals surface area contributed by atoms with Gasteiger partial charge < -0.3 is 20.9 Å². The van der Waals surface area contributed by atoms with Crippen molar-refractivity contribution in [1.29, 1.82) is 0 Å². The first kappa shape index (κ1) is 23.1. The van der Waals surface area contributed by atoms with Gasteiger partial charge in [0, 0.05) is 43.3 Å². The van der Waals surface area contributed by atoms with Crippen LogP contribution in [0.3, 0.4) is 0 Å². The molecule has 5 heteroatoms. The maximum Gasteiger partial charge on any atom is 0.191 e. The van der Waals surface area contributed by atoms with E-state index in [-0.39, 0.29) is 5.54 Å². The second-order valence-electron chi connectivity index (χ2n) is 9.75. The molecule has 0 radical (unpaired) electrons. The van der Waals surface area contributed by atoms with Crippen LogP contribution in [0.25, 0.3) is 0 Å². The predicted octanol–water partition coefficient (Wildman–Crippen LogP) is 4.08. The molecule has 1 aromatic carbocycles. The molecular weight excluding hydrogens is 370 g/mol. The number of nitrogens with one attached hydrogen (secondary N) is 3. The standard InChI is InChI=1S/C25H43N5/c1-5-26-24(28-22-15-17-30(18-16-22)23-13-9-10-14-23)27-19-25(3,4)29-20(2)21-11-7-6-8-12-21/h6-8,11-12,20,22-23,29H,5,9-10,13-19H2,1-4H3,(H2,26,27,28). The fourth-order valence-electron chi connectivity index (χ4n) is 4.93. The van der Waals surface area contributed by atoms with E-state index in [1.165, 1.54) is 57.2 Å². The number of nitrogens with zero attached hydrogens (tertiary/aromatic N) is 2. The number of hydrogen-bond donors (Lipinski definition) is 3. The molecule has 1 unspecified atom stereocenters. The van der Waals surface area contributed by atoms with Crippen LogP contribution in [-0.2, 0) is 0 Å². The summed E-state index contributed by atoms with van der Waals surface area (Å²) in [5.41, 5.74) is 1.23. The van der Waals surface area contributed by atoms with Crippen LogP contribution >= 0.6 is 0 Å². The number of hydrogen-bond acceptors (Lipinski definition) is 3. The summed E-state index contributed by atoms with van der Waals surface area (Å²) in [6, 6.07) is 12.3. The maximum atomic E-state index is 4.94. The van der Waals surface area contributed by atoms with Crippen molar-refractivity contribution in [2.75, 3.05) is 26.2 Å². The predicted molar refractivity (Wildman–Crippen MR) is 128 cm³/mol. The van der Waals surface area contributed by atoms with E-state index in [0.29, 0.717) is 12.1 Å². The Bertz CT molecular complexity index is 643. The maximum absolute atomic E-state index is 4.94. The zero-order chi connectivity index (χ0) is 21.4. The van der Waals surface area contributed by atoms with E-state index < -0.39 is 0 Å². The number of likely N-dealkylation sites (tertiary alicyclic amines) is 1. The lowest BCUT2D eigenvalue weighted by atomic mass is 10.0. The van der Waals surface area contributed by atoms with Crippen molar-refractivity contribution in [1.82, 2.24) is 20.9 Å². The number of guanidine groups is 1. The second kappa shape index (κ2) is 11.1. The van der Waals surface area contributed by atoms with Crippen LogP contribution in [0, 0.1) is 0 Å². The zero-order valence-electron chi connectivity index (χ0n) is 19.6. The van der Waals surface area contributed by atoms with Crippen LogP contribution in [-0.4, -0.2) is 54.7 Å². The largest absolute Gasteiger partial charge is 0.357 e. The molecule has 1 heterocycles. The van der Waals surface area contributed by atoms with Crippen LogP contribution < -0.4 is 16.0 Å². The molecule has 0 aromatic heterocycles. The Morgan fingerprint density at radius 3 is 2.40 bits per heavy atom. The summed E-state index contributed by atoms with van der Waals surface area (Å²) in [7, 11) is 0.